The summed E-state index contributed by atoms with van der Waals surface area (Å²) in [5, 5.41) is 16.5. The third-order valence-electron chi connectivity index (χ3n) is 3.83. The number of carbonyl (C=O) groups is 1. The number of para-hydroxylation sites is 2. The Balaban J connectivity index is 1.77. The van der Waals surface area contributed by atoms with Gasteiger partial charge in [-0.1, -0.05) is 17.3 Å². The summed E-state index contributed by atoms with van der Waals surface area (Å²) >= 11 is 0. The molecule has 1 amide bonds. The van der Waals surface area contributed by atoms with E-state index in [2.05, 4.69) is 15.5 Å². The maximum atomic E-state index is 12.6. The predicted molar refractivity (Wildman–Crippen MR) is 83.8 cm³/mol. The third kappa shape index (κ3) is 2.17. The number of anilines is 1. The molecule has 0 saturated heterocycles. The molecule has 1 aromatic carbocycles. The van der Waals surface area contributed by atoms with E-state index in [9.17, 15) is 9.90 Å². The summed E-state index contributed by atoms with van der Waals surface area (Å²) in [6, 6.07) is 9.26. The van der Waals surface area contributed by atoms with Gasteiger partial charge in [0.25, 0.3) is 5.91 Å². The van der Waals surface area contributed by atoms with E-state index in [-0.39, 0.29) is 17.2 Å². The zero-order valence-corrected chi connectivity index (χ0v) is 12.4. The number of nitrogens with one attached hydrogen (secondary N) is 1. The van der Waals surface area contributed by atoms with Gasteiger partial charge in [-0.05, 0) is 19.1 Å². The van der Waals surface area contributed by atoms with Crippen LogP contribution in [0, 0.1) is 6.92 Å². The lowest BCUT2D eigenvalue weighted by Gasteiger charge is -2.18. The number of hydrogen-bond acceptors (Lipinski definition) is 5. The fourth-order valence-electron chi connectivity index (χ4n) is 2.79. The molecule has 0 saturated carbocycles. The van der Waals surface area contributed by atoms with Gasteiger partial charge in [-0.25, -0.2) is 4.98 Å². The first-order valence-corrected chi connectivity index (χ1v) is 7.26. The number of allylic oxidation sites excluding steroid dienone is 1. The van der Waals surface area contributed by atoms with Gasteiger partial charge in [0.15, 0.2) is 0 Å². The zero-order valence-electron chi connectivity index (χ0n) is 12.4. The van der Waals surface area contributed by atoms with Crippen molar-refractivity contribution in [3.05, 3.63) is 47.6 Å². The second-order valence-corrected chi connectivity index (χ2v) is 5.43. The minimum Gasteiger partial charge on any atom is -0.511 e. The highest BCUT2D eigenvalue weighted by Crippen LogP contribution is 2.30. The van der Waals surface area contributed by atoms with E-state index in [1.54, 1.807) is 13.0 Å². The molecule has 0 radical (unpaired) electrons. The lowest BCUT2D eigenvalue weighted by atomic mass is 10.1. The van der Waals surface area contributed by atoms with Crippen LogP contribution in [0.15, 0.2) is 40.6 Å². The van der Waals surface area contributed by atoms with E-state index in [4.69, 9.17) is 4.52 Å². The highest BCUT2D eigenvalue weighted by atomic mass is 16.5. The van der Waals surface area contributed by atoms with Gasteiger partial charge in [-0.15, -0.1) is 0 Å². The Labute approximate surface area is 131 Å². The van der Waals surface area contributed by atoms with Crippen molar-refractivity contribution in [2.75, 3.05) is 5.32 Å². The summed E-state index contributed by atoms with van der Waals surface area (Å²) in [4.78, 5) is 17.0. The summed E-state index contributed by atoms with van der Waals surface area (Å²) in [6.45, 7) is 2.34. The highest BCUT2D eigenvalue weighted by Gasteiger charge is 2.28. The number of aliphatic hydroxyl groups excluding tert-OH is 1. The van der Waals surface area contributed by atoms with Gasteiger partial charge in [-0.2, -0.15) is 0 Å². The molecule has 0 bridgehead atoms. The number of aromatic nitrogens is 3. The fraction of sp³-hybridized carbons (Fsp3) is 0.188. The first-order valence-electron chi connectivity index (χ1n) is 7.26. The van der Waals surface area contributed by atoms with Crippen molar-refractivity contribution in [1.29, 1.82) is 0 Å². The van der Waals surface area contributed by atoms with Crippen LogP contribution in [0.1, 0.15) is 17.9 Å². The minimum absolute atomic E-state index is 0.0292. The van der Waals surface area contributed by atoms with Gasteiger partial charge in [0.05, 0.1) is 16.7 Å². The molecule has 1 aliphatic heterocycles. The number of carbonyl (C=O) groups excluding carboxylic acids is 1. The molecule has 0 unspecified atom stereocenters. The quantitative estimate of drug-likeness (QED) is 0.759. The van der Waals surface area contributed by atoms with Crippen LogP contribution in [0.5, 0.6) is 0 Å². The molecule has 3 aromatic rings. The monoisotopic (exact) mass is 310 g/mol. The Morgan fingerprint density at radius 2 is 2.22 bits per heavy atom. The molecular weight excluding hydrogens is 296 g/mol. The van der Waals surface area contributed by atoms with Gasteiger partial charge in [0, 0.05) is 19.0 Å². The van der Waals surface area contributed by atoms with Crippen LogP contribution in [0.25, 0.3) is 16.6 Å². The van der Waals surface area contributed by atoms with E-state index in [0.29, 0.717) is 24.5 Å². The van der Waals surface area contributed by atoms with Gasteiger partial charge >= 0.3 is 0 Å². The maximum Gasteiger partial charge on any atom is 0.265 e. The SMILES string of the molecule is Cc1cc(NC(=O)C2=C(O)CCn3c2nc2ccccc23)on1. The number of nitrogens with zero attached hydrogens (tertiary/aromatic N) is 3. The van der Waals surface area contributed by atoms with E-state index >= 15 is 0 Å². The van der Waals surface area contributed by atoms with Crippen molar-refractivity contribution in [3.63, 3.8) is 0 Å². The second-order valence-electron chi connectivity index (χ2n) is 5.43. The van der Waals surface area contributed by atoms with Crippen molar-refractivity contribution < 1.29 is 14.4 Å². The Kier molecular flexibility index (Phi) is 2.94. The van der Waals surface area contributed by atoms with Gasteiger partial charge in [-0.3, -0.25) is 10.1 Å². The number of aliphatic hydroxyl groups is 1. The van der Waals surface area contributed by atoms with Crippen molar-refractivity contribution >= 4 is 28.4 Å². The molecule has 1 aliphatic rings. The molecule has 116 valence electrons. The second kappa shape index (κ2) is 4.98. The molecular formula is C16H14N4O3. The standard InChI is InChI=1S/C16H14N4O3/c1-9-8-13(23-19-9)18-16(22)14-12(21)6-7-20-11-5-3-2-4-10(11)17-15(14)20/h2-5,8,21H,6-7H2,1H3,(H,18,22). The van der Waals surface area contributed by atoms with Crippen molar-refractivity contribution in [1.82, 2.24) is 14.7 Å². The molecule has 0 spiro atoms. The molecule has 0 atom stereocenters. The third-order valence-corrected chi connectivity index (χ3v) is 3.83. The topological polar surface area (TPSA) is 93.2 Å². The summed E-state index contributed by atoms with van der Waals surface area (Å²) in [5.41, 5.74) is 2.56. The van der Waals surface area contributed by atoms with E-state index < -0.39 is 5.91 Å². The van der Waals surface area contributed by atoms with Gasteiger partial charge < -0.3 is 14.2 Å². The van der Waals surface area contributed by atoms with Crippen molar-refractivity contribution in [3.8, 4) is 0 Å². The Morgan fingerprint density at radius 1 is 1.39 bits per heavy atom. The normalized spacial score (nSPS) is 14.1. The Morgan fingerprint density at radius 3 is 3.00 bits per heavy atom. The summed E-state index contributed by atoms with van der Waals surface area (Å²) in [6.07, 6.45) is 0.380. The largest absolute Gasteiger partial charge is 0.511 e. The number of benzene rings is 1. The molecule has 2 aromatic heterocycles. The van der Waals surface area contributed by atoms with E-state index in [1.807, 2.05) is 28.8 Å². The van der Waals surface area contributed by atoms with Crippen LogP contribution >= 0.6 is 0 Å². The van der Waals surface area contributed by atoms with Crippen molar-refractivity contribution in [2.45, 2.75) is 19.9 Å². The number of aryl methyl sites for hydroxylation is 2. The minimum atomic E-state index is -0.463. The number of amides is 1. The first-order chi connectivity index (χ1) is 11.1. The molecule has 2 N–H and O–H groups in total. The van der Waals surface area contributed by atoms with Crippen LogP contribution in [0.3, 0.4) is 0 Å². The Bertz CT molecular complexity index is 951. The first kappa shape index (κ1) is 13.6. The molecule has 23 heavy (non-hydrogen) atoms. The highest BCUT2D eigenvalue weighted by molar-refractivity contribution is 6.25. The molecule has 0 fully saturated rings. The van der Waals surface area contributed by atoms with Crippen LogP contribution in [0.4, 0.5) is 5.88 Å². The fourth-order valence-corrected chi connectivity index (χ4v) is 2.79. The maximum absolute atomic E-state index is 12.6. The lowest BCUT2D eigenvalue weighted by Crippen LogP contribution is -2.22. The number of rotatable bonds is 2. The van der Waals surface area contributed by atoms with Crippen LogP contribution < -0.4 is 5.32 Å². The Hall–Kier alpha value is -3.09. The average Bonchev–Trinajstić information content (AvgIpc) is 3.10. The molecule has 0 aliphatic carbocycles. The average molecular weight is 310 g/mol. The molecule has 3 heterocycles. The van der Waals surface area contributed by atoms with Gasteiger partial charge in [0.1, 0.15) is 17.2 Å². The number of imidazole rings is 1. The van der Waals surface area contributed by atoms with E-state index in [0.717, 1.165) is 11.0 Å². The lowest BCUT2D eigenvalue weighted by molar-refractivity contribution is -0.111. The predicted octanol–water partition coefficient (Wildman–Crippen LogP) is 2.64. The molecule has 7 heteroatoms. The summed E-state index contributed by atoms with van der Waals surface area (Å²) in [5.74, 6) is 0.265. The summed E-state index contributed by atoms with van der Waals surface area (Å²) in [7, 11) is 0. The van der Waals surface area contributed by atoms with Crippen LogP contribution in [0.2, 0.25) is 0 Å². The van der Waals surface area contributed by atoms with Crippen molar-refractivity contribution in [2.24, 2.45) is 0 Å². The smallest absolute Gasteiger partial charge is 0.265 e. The zero-order chi connectivity index (χ0) is 16.0. The number of hydrogen-bond donors (Lipinski definition) is 2. The summed E-state index contributed by atoms with van der Waals surface area (Å²) < 4.78 is 6.93. The molecule has 7 nitrogen and oxygen atoms in total. The van der Waals surface area contributed by atoms with Crippen LogP contribution in [-0.4, -0.2) is 25.7 Å². The van der Waals surface area contributed by atoms with Gasteiger partial charge in [0.2, 0.25) is 5.88 Å². The van der Waals surface area contributed by atoms with Crippen LogP contribution in [-0.2, 0) is 11.3 Å². The van der Waals surface area contributed by atoms with E-state index in [1.165, 1.54) is 0 Å². The molecule has 4 rings (SSSR count). The number of fused-ring (bicyclic) bond motifs is 3.